The van der Waals surface area contributed by atoms with Crippen LogP contribution >= 0.6 is 23.2 Å². The molecule has 1 heterocycles. The molecule has 7 nitrogen and oxygen atoms in total. The second kappa shape index (κ2) is 11.5. The molecule has 1 aliphatic heterocycles. The average Bonchev–Trinajstić information content (AvgIpc) is 2.75. The topological polar surface area (TPSA) is 79.0 Å². The fourth-order valence-corrected chi connectivity index (χ4v) is 5.52. The van der Waals surface area contributed by atoms with Crippen molar-refractivity contribution in [3.63, 3.8) is 0 Å². The summed E-state index contributed by atoms with van der Waals surface area (Å²) in [5.41, 5.74) is 2.38. The molecule has 180 valence electrons. The highest BCUT2D eigenvalue weighted by molar-refractivity contribution is 7.92. The number of carbonyl (C=O) groups is 1. The van der Waals surface area contributed by atoms with E-state index in [1.165, 1.54) is 23.8 Å². The van der Waals surface area contributed by atoms with E-state index in [9.17, 15) is 13.2 Å². The molecule has 0 spiro atoms. The third-order valence-corrected chi connectivity index (χ3v) is 7.05. The molecule has 1 aliphatic rings. The van der Waals surface area contributed by atoms with E-state index >= 15 is 0 Å². The molecule has 2 aromatic carbocycles. The van der Waals surface area contributed by atoms with Gasteiger partial charge >= 0.3 is 0 Å². The van der Waals surface area contributed by atoms with Crippen LogP contribution in [0.2, 0.25) is 10.0 Å². The SMILES string of the molecule is CCC(C(=O)NCc1ccc(CN2CCOCC2)cc1)N(c1cc(Cl)cc(Cl)c1)S(C)(=O)=O. The Balaban J connectivity index is 1.67. The van der Waals surface area contributed by atoms with Gasteiger partial charge in [0.1, 0.15) is 6.04 Å². The molecule has 0 saturated carbocycles. The van der Waals surface area contributed by atoms with Crippen molar-refractivity contribution in [2.45, 2.75) is 32.5 Å². The van der Waals surface area contributed by atoms with Crippen molar-refractivity contribution in [2.75, 3.05) is 36.9 Å². The van der Waals surface area contributed by atoms with Crippen LogP contribution < -0.4 is 9.62 Å². The van der Waals surface area contributed by atoms with Gasteiger partial charge in [0.25, 0.3) is 0 Å². The molecule has 0 bridgehead atoms. The number of halogens is 2. The van der Waals surface area contributed by atoms with Gasteiger partial charge in [-0.3, -0.25) is 14.0 Å². The third kappa shape index (κ3) is 7.32. The highest BCUT2D eigenvalue weighted by Crippen LogP contribution is 2.29. The molecule has 1 saturated heterocycles. The van der Waals surface area contributed by atoms with Crippen LogP contribution in [-0.2, 0) is 32.6 Å². The minimum atomic E-state index is -3.77. The fourth-order valence-electron chi connectivity index (χ4n) is 3.81. The summed E-state index contributed by atoms with van der Waals surface area (Å²) in [6.45, 7) is 6.27. The summed E-state index contributed by atoms with van der Waals surface area (Å²) in [6.07, 6.45) is 1.34. The molecule has 0 radical (unpaired) electrons. The van der Waals surface area contributed by atoms with Crippen molar-refractivity contribution in [2.24, 2.45) is 0 Å². The lowest BCUT2D eigenvalue weighted by molar-refractivity contribution is -0.122. The standard InChI is InChI=1S/C23H29Cl2N3O4S/c1-3-22(28(33(2,30)31)21-13-19(24)12-20(25)14-21)23(29)26-15-17-4-6-18(7-5-17)16-27-8-10-32-11-9-27/h4-7,12-14,22H,3,8-11,15-16H2,1-2H3,(H,26,29). The summed E-state index contributed by atoms with van der Waals surface area (Å²) in [7, 11) is -3.77. The first kappa shape index (κ1) is 25.8. The zero-order valence-corrected chi connectivity index (χ0v) is 21.1. The minimum Gasteiger partial charge on any atom is -0.379 e. The Morgan fingerprint density at radius 2 is 1.67 bits per heavy atom. The molecule has 0 aromatic heterocycles. The van der Waals surface area contributed by atoms with Crippen LogP contribution in [0.1, 0.15) is 24.5 Å². The van der Waals surface area contributed by atoms with E-state index in [2.05, 4.69) is 10.2 Å². The van der Waals surface area contributed by atoms with Gasteiger partial charge in [-0.1, -0.05) is 54.4 Å². The Morgan fingerprint density at radius 3 is 2.21 bits per heavy atom. The number of sulfonamides is 1. The molecule has 1 atom stereocenters. The number of amides is 1. The lowest BCUT2D eigenvalue weighted by atomic mass is 10.1. The van der Waals surface area contributed by atoms with E-state index in [4.69, 9.17) is 27.9 Å². The van der Waals surface area contributed by atoms with Gasteiger partial charge in [0.05, 0.1) is 25.2 Å². The normalized spacial score (nSPS) is 15.8. The van der Waals surface area contributed by atoms with Gasteiger partial charge in [-0.2, -0.15) is 0 Å². The summed E-state index contributed by atoms with van der Waals surface area (Å²) in [5.74, 6) is -0.392. The fraction of sp³-hybridized carbons (Fsp3) is 0.435. The van der Waals surface area contributed by atoms with Crippen LogP contribution in [0.4, 0.5) is 5.69 Å². The van der Waals surface area contributed by atoms with Crippen molar-refractivity contribution in [1.29, 1.82) is 0 Å². The Morgan fingerprint density at radius 1 is 1.09 bits per heavy atom. The first-order chi connectivity index (χ1) is 15.7. The van der Waals surface area contributed by atoms with Gasteiger partial charge in [0.2, 0.25) is 15.9 Å². The number of hydrogen-bond donors (Lipinski definition) is 1. The van der Waals surface area contributed by atoms with Gasteiger partial charge in [-0.25, -0.2) is 8.42 Å². The lowest BCUT2D eigenvalue weighted by Gasteiger charge is -2.30. The van der Waals surface area contributed by atoms with E-state index in [1.807, 2.05) is 24.3 Å². The minimum absolute atomic E-state index is 0.254. The van der Waals surface area contributed by atoms with Crippen LogP contribution in [0.15, 0.2) is 42.5 Å². The molecule has 1 fully saturated rings. The number of hydrogen-bond acceptors (Lipinski definition) is 5. The number of ether oxygens (including phenoxy) is 1. The van der Waals surface area contributed by atoms with Gasteiger partial charge in [0.15, 0.2) is 0 Å². The molecule has 2 aromatic rings. The monoisotopic (exact) mass is 513 g/mol. The Labute approximate surface area is 205 Å². The highest BCUT2D eigenvalue weighted by atomic mass is 35.5. The first-order valence-corrected chi connectivity index (χ1v) is 13.4. The number of carbonyl (C=O) groups excluding carboxylic acids is 1. The molecule has 10 heteroatoms. The smallest absolute Gasteiger partial charge is 0.244 e. The maximum Gasteiger partial charge on any atom is 0.244 e. The largest absolute Gasteiger partial charge is 0.379 e. The Bertz CT molecular complexity index is 1040. The van der Waals surface area contributed by atoms with Crippen molar-refractivity contribution >= 4 is 44.8 Å². The van der Waals surface area contributed by atoms with Crippen molar-refractivity contribution < 1.29 is 17.9 Å². The summed E-state index contributed by atoms with van der Waals surface area (Å²) < 4.78 is 31.6. The van der Waals surface area contributed by atoms with Gasteiger partial charge < -0.3 is 10.1 Å². The van der Waals surface area contributed by atoms with Crippen molar-refractivity contribution in [3.05, 3.63) is 63.6 Å². The second-order valence-electron chi connectivity index (χ2n) is 8.03. The van der Waals surface area contributed by atoms with Crippen LogP contribution in [0.25, 0.3) is 0 Å². The number of anilines is 1. The predicted octanol–water partition coefficient (Wildman–Crippen LogP) is 3.69. The van der Waals surface area contributed by atoms with E-state index in [-0.39, 0.29) is 12.1 Å². The summed E-state index contributed by atoms with van der Waals surface area (Å²) in [4.78, 5) is 15.3. The Hall–Kier alpha value is -1.84. The van der Waals surface area contributed by atoms with E-state index in [1.54, 1.807) is 6.92 Å². The van der Waals surface area contributed by atoms with Crippen LogP contribution in [0, 0.1) is 0 Å². The number of rotatable bonds is 9. The second-order valence-corrected chi connectivity index (χ2v) is 10.8. The molecule has 1 N–H and O–H groups in total. The molecule has 33 heavy (non-hydrogen) atoms. The molecule has 3 rings (SSSR count). The van der Waals surface area contributed by atoms with Crippen LogP contribution in [-0.4, -0.2) is 57.8 Å². The summed E-state index contributed by atoms with van der Waals surface area (Å²) in [6, 6.07) is 11.6. The number of benzene rings is 2. The van der Waals surface area contributed by atoms with Gasteiger partial charge in [-0.15, -0.1) is 0 Å². The predicted molar refractivity (Wildman–Crippen MR) is 132 cm³/mol. The number of morpholine rings is 1. The van der Waals surface area contributed by atoms with Gasteiger partial charge in [0, 0.05) is 36.2 Å². The number of nitrogens with zero attached hydrogens (tertiary/aromatic N) is 2. The molecule has 0 aliphatic carbocycles. The van der Waals surface area contributed by atoms with E-state index in [0.717, 1.165) is 49.0 Å². The van der Waals surface area contributed by atoms with E-state index < -0.39 is 22.0 Å². The highest BCUT2D eigenvalue weighted by Gasteiger charge is 2.31. The first-order valence-electron chi connectivity index (χ1n) is 10.8. The van der Waals surface area contributed by atoms with E-state index in [0.29, 0.717) is 16.6 Å². The maximum absolute atomic E-state index is 13.0. The lowest BCUT2D eigenvalue weighted by Crippen LogP contribution is -2.49. The van der Waals surface area contributed by atoms with Crippen LogP contribution in [0.5, 0.6) is 0 Å². The summed E-state index contributed by atoms with van der Waals surface area (Å²) >= 11 is 12.1. The zero-order valence-electron chi connectivity index (χ0n) is 18.8. The number of nitrogens with one attached hydrogen (secondary N) is 1. The molecule has 1 unspecified atom stereocenters. The average molecular weight is 514 g/mol. The van der Waals surface area contributed by atoms with Crippen molar-refractivity contribution in [1.82, 2.24) is 10.2 Å². The van der Waals surface area contributed by atoms with Crippen LogP contribution in [0.3, 0.4) is 0 Å². The maximum atomic E-state index is 13.0. The molecular weight excluding hydrogens is 485 g/mol. The van der Waals surface area contributed by atoms with Crippen molar-refractivity contribution in [3.8, 4) is 0 Å². The quantitative estimate of drug-likeness (QED) is 0.553. The Kier molecular flexibility index (Phi) is 9.01. The zero-order chi connectivity index (χ0) is 24.0. The molecular formula is C23H29Cl2N3O4S. The van der Waals surface area contributed by atoms with Gasteiger partial charge in [-0.05, 0) is 35.7 Å². The summed E-state index contributed by atoms with van der Waals surface area (Å²) in [5, 5.41) is 3.45. The third-order valence-electron chi connectivity index (χ3n) is 5.43. The molecule has 1 amide bonds.